The minimum absolute atomic E-state index is 0.190. The van der Waals surface area contributed by atoms with Crippen molar-refractivity contribution in [3.63, 3.8) is 0 Å². The fourth-order valence-electron chi connectivity index (χ4n) is 4.77. The van der Waals surface area contributed by atoms with Crippen LogP contribution in [0.25, 0.3) is 0 Å². The maximum absolute atomic E-state index is 13.7. The molecule has 11 heteroatoms. The predicted octanol–water partition coefficient (Wildman–Crippen LogP) is 5.60. The Labute approximate surface area is 234 Å². The van der Waals surface area contributed by atoms with E-state index in [9.17, 15) is 9.59 Å². The molecule has 2 N–H and O–H groups in total. The molecule has 9 nitrogen and oxygen atoms in total. The molecule has 3 amide bonds. The van der Waals surface area contributed by atoms with Crippen LogP contribution in [0.5, 0.6) is 0 Å². The second-order valence-corrected chi connectivity index (χ2v) is 12.1. The number of hydrogen-bond acceptors (Lipinski definition) is 6. The molecule has 0 atom stereocenters. The number of rotatable bonds is 4. The van der Waals surface area contributed by atoms with Crippen molar-refractivity contribution in [3.05, 3.63) is 51.3 Å². The van der Waals surface area contributed by atoms with Gasteiger partial charge >= 0.3 is 12.1 Å². The van der Waals surface area contributed by atoms with Crippen LogP contribution in [0, 0.1) is 0 Å². The van der Waals surface area contributed by atoms with E-state index < -0.39 is 11.1 Å². The Morgan fingerprint density at radius 3 is 2.42 bits per heavy atom. The Balaban J connectivity index is 1.53. The molecule has 2 aromatic rings. The van der Waals surface area contributed by atoms with Crippen LogP contribution in [0.15, 0.2) is 24.4 Å². The molecule has 38 heavy (non-hydrogen) atoms. The highest BCUT2D eigenvalue weighted by Crippen LogP contribution is 2.37. The molecular weight excluding hydrogens is 527 g/mol. The summed E-state index contributed by atoms with van der Waals surface area (Å²) in [6.45, 7) is 11.4. The summed E-state index contributed by atoms with van der Waals surface area (Å²) in [7, 11) is 0. The van der Waals surface area contributed by atoms with Gasteiger partial charge in [0.25, 0.3) is 0 Å². The molecule has 0 aliphatic carbocycles. The molecule has 0 spiro atoms. The van der Waals surface area contributed by atoms with Gasteiger partial charge in [0.05, 0.1) is 27.8 Å². The number of piperidine rings is 1. The molecule has 206 valence electrons. The van der Waals surface area contributed by atoms with Gasteiger partial charge in [-0.05, 0) is 77.1 Å². The second-order valence-electron chi connectivity index (χ2n) is 11.2. The van der Waals surface area contributed by atoms with E-state index in [1.807, 2.05) is 46.9 Å². The van der Waals surface area contributed by atoms with E-state index in [-0.39, 0.29) is 18.2 Å². The van der Waals surface area contributed by atoms with Crippen molar-refractivity contribution in [2.75, 3.05) is 25.0 Å². The van der Waals surface area contributed by atoms with E-state index in [0.717, 1.165) is 16.8 Å². The van der Waals surface area contributed by atoms with Gasteiger partial charge in [-0.25, -0.2) is 19.6 Å². The van der Waals surface area contributed by atoms with Crippen molar-refractivity contribution in [2.45, 2.75) is 77.6 Å². The highest BCUT2D eigenvalue weighted by Gasteiger charge is 2.41. The number of benzene rings is 1. The fourth-order valence-corrected chi connectivity index (χ4v) is 5.06. The van der Waals surface area contributed by atoms with Gasteiger partial charge < -0.3 is 25.2 Å². The fraction of sp³-hybridized carbons (Fsp3) is 0.556. The zero-order valence-electron chi connectivity index (χ0n) is 22.6. The van der Waals surface area contributed by atoms with Crippen LogP contribution in [-0.2, 0) is 23.2 Å². The van der Waals surface area contributed by atoms with Gasteiger partial charge in [-0.1, -0.05) is 29.3 Å². The van der Waals surface area contributed by atoms with Gasteiger partial charge in [0, 0.05) is 31.9 Å². The highest BCUT2D eigenvalue weighted by molar-refractivity contribution is 6.42. The first-order valence-electron chi connectivity index (χ1n) is 13.0. The molecule has 1 aromatic heterocycles. The van der Waals surface area contributed by atoms with Crippen LogP contribution < -0.4 is 10.6 Å². The lowest BCUT2D eigenvalue weighted by molar-refractivity contribution is 0.0148. The number of anilines is 1. The second kappa shape index (κ2) is 11.1. The first kappa shape index (κ1) is 28.2. The number of nitrogens with one attached hydrogen (secondary N) is 2. The summed E-state index contributed by atoms with van der Waals surface area (Å²) in [5, 5.41) is 7.38. The zero-order chi connectivity index (χ0) is 27.7. The third-order valence-corrected chi connectivity index (χ3v) is 7.48. The van der Waals surface area contributed by atoms with E-state index in [1.54, 1.807) is 21.9 Å². The predicted molar refractivity (Wildman–Crippen MR) is 149 cm³/mol. The number of hydrogen-bond donors (Lipinski definition) is 2. The molecule has 4 rings (SSSR count). The number of aromatic nitrogens is 2. The molecule has 2 aliphatic rings. The Morgan fingerprint density at radius 1 is 1.08 bits per heavy atom. The minimum Gasteiger partial charge on any atom is -0.444 e. The van der Waals surface area contributed by atoms with Crippen LogP contribution in [0.3, 0.4) is 0 Å². The molecule has 0 unspecified atom stereocenters. The Morgan fingerprint density at radius 2 is 1.79 bits per heavy atom. The van der Waals surface area contributed by atoms with Crippen molar-refractivity contribution in [3.8, 4) is 0 Å². The van der Waals surface area contributed by atoms with Gasteiger partial charge in [-0.3, -0.25) is 0 Å². The first-order valence-corrected chi connectivity index (χ1v) is 13.7. The summed E-state index contributed by atoms with van der Waals surface area (Å²) in [6, 6.07) is 5.44. The number of nitrogens with zero attached hydrogens (tertiary/aromatic N) is 4. The third kappa shape index (κ3) is 6.61. The Hall–Kier alpha value is -2.78. The summed E-state index contributed by atoms with van der Waals surface area (Å²) in [5.74, 6) is 0.558. The number of urea groups is 1. The lowest BCUT2D eigenvalue weighted by Gasteiger charge is -2.44. The average Bonchev–Trinajstić information content (AvgIpc) is 2.84. The van der Waals surface area contributed by atoms with Crippen LogP contribution in [-0.4, -0.2) is 63.2 Å². The van der Waals surface area contributed by atoms with Crippen LogP contribution in [0.1, 0.15) is 64.3 Å². The van der Waals surface area contributed by atoms with E-state index in [0.29, 0.717) is 61.4 Å². The van der Waals surface area contributed by atoms with Crippen molar-refractivity contribution < 1.29 is 14.3 Å². The summed E-state index contributed by atoms with van der Waals surface area (Å²) >= 11 is 12.6. The first-order chi connectivity index (χ1) is 17.8. The van der Waals surface area contributed by atoms with Crippen LogP contribution in [0.2, 0.25) is 10.0 Å². The van der Waals surface area contributed by atoms with E-state index in [1.165, 1.54) is 0 Å². The molecule has 1 saturated heterocycles. The van der Waals surface area contributed by atoms with Crippen molar-refractivity contribution in [1.29, 1.82) is 0 Å². The topological polar surface area (TPSA) is 99.7 Å². The van der Waals surface area contributed by atoms with E-state index in [2.05, 4.69) is 20.6 Å². The van der Waals surface area contributed by atoms with Gasteiger partial charge in [-0.2, -0.15) is 0 Å². The van der Waals surface area contributed by atoms with Crippen molar-refractivity contribution in [2.24, 2.45) is 0 Å². The monoisotopic (exact) mass is 562 g/mol. The zero-order valence-corrected chi connectivity index (χ0v) is 24.1. The number of amides is 3. The number of likely N-dealkylation sites (tertiary alicyclic amines) is 1. The maximum Gasteiger partial charge on any atom is 0.410 e. The van der Waals surface area contributed by atoms with Gasteiger partial charge in [-0.15, -0.1) is 0 Å². The number of ether oxygens (including phenoxy) is 1. The number of halogens is 2. The molecule has 2 aliphatic heterocycles. The van der Waals surface area contributed by atoms with Crippen LogP contribution >= 0.6 is 23.2 Å². The van der Waals surface area contributed by atoms with Crippen molar-refractivity contribution >= 4 is 41.3 Å². The van der Waals surface area contributed by atoms with Crippen molar-refractivity contribution in [1.82, 2.24) is 25.1 Å². The molecule has 3 heterocycles. The number of carbonyl (C=O) groups is 2. The number of fused-ring (bicyclic) bond motifs is 1. The van der Waals surface area contributed by atoms with E-state index in [4.69, 9.17) is 27.9 Å². The summed E-state index contributed by atoms with van der Waals surface area (Å²) < 4.78 is 5.56. The SMILES string of the molecule is CC(C)Nc1ncc2c(n1)CN(C(=O)NC1(c3ccc(Cl)c(Cl)c3)CCN(C(=O)OC(C)(C)C)CC1)CC2. The molecular formula is C27H36Cl2N6O3. The van der Waals surface area contributed by atoms with Gasteiger partial charge in [0.2, 0.25) is 5.95 Å². The molecule has 1 fully saturated rings. The normalized spacial score (nSPS) is 17.2. The van der Waals surface area contributed by atoms with Crippen LogP contribution in [0.4, 0.5) is 15.5 Å². The summed E-state index contributed by atoms with van der Waals surface area (Å²) in [6.07, 6.45) is 3.17. The lowest BCUT2D eigenvalue weighted by Crippen LogP contribution is -2.57. The largest absolute Gasteiger partial charge is 0.444 e. The minimum atomic E-state index is -0.722. The Kier molecular flexibility index (Phi) is 8.28. The Bertz CT molecular complexity index is 1190. The van der Waals surface area contributed by atoms with E-state index >= 15 is 0 Å². The van der Waals surface area contributed by atoms with Gasteiger partial charge in [0.15, 0.2) is 0 Å². The highest BCUT2D eigenvalue weighted by atomic mass is 35.5. The smallest absolute Gasteiger partial charge is 0.410 e. The molecule has 0 saturated carbocycles. The average molecular weight is 564 g/mol. The molecule has 1 aromatic carbocycles. The van der Waals surface area contributed by atoms with Gasteiger partial charge in [0.1, 0.15) is 5.60 Å². The molecule has 0 bridgehead atoms. The summed E-state index contributed by atoms with van der Waals surface area (Å²) in [4.78, 5) is 38.9. The molecule has 0 radical (unpaired) electrons. The maximum atomic E-state index is 13.7. The quantitative estimate of drug-likeness (QED) is 0.503. The third-order valence-electron chi connectivity index (χ3n) is 6.74. The number of carbonyl (C=O) groups excluding carboxylic acids is 2. The lowest BCUT2D eigenvalue weighted by atomic mass is 9.81. The summed E-state index contributed by atoms with van der Waals surface area (Å²) in [5.41, 5.74) is 1.44. The standard InChI is InChI=1S/C27H36Cl2N6O3/c1-17(2)31-23-30-15-18-8-11-35(16-22(18)32-23)24(36)33-27(19-6-7-20(28)21(29)14-19)9-12-34(13-10-27)25(37)38-26(3,4)5/h6-7,14-15,17H,8-13,16H2,1-5H3,(H,33,36)(H,30,31,32).